The molecule has 0 unspecified atom stereocenters. The lowest BCUT2D eigenvalue weighted by molar-refractivity contribution is 0.669. The van der Waals surface area contributed by atoms with Crippen molar-refractivity contribution in [1.29, 1.82) is 0 Å². The molecule has 0 amide bonds. The van der Waals surface area contributed by atoms with Crippen molar-refractivity contribution in [2.45, 2.75) is 0 Å². The highest BCUT2D eigenvalue weighted by atomic mass is 16.3. The third-order valence-electron chi connectivity index (χ3n) is 10.8. The van der Waals surface area contributed by atoms with E-state index in [0.29, 0.717) is 23.3 Å². The van der Waals surface area contributed by atoms with Gasteiger partial charge in [-0.2, -0.15) is 0 Å². The molecule has 7 nitrogen and oxygen atoms in total. The van der Waals surface area contributed by atoms with Crippen LogP contribution >= 0.6 is 0 Å². The molecule has 0 N–H and O–H groups in total. The first-order valence-corrected chi connectivity index (χ1v) is 20.1. The van der Waals surface area contributed by atoms with Crippen LogP contribution in [0.3, 0.4) is 0 Å². The third-order valence-corrected chi connectivity index (χ3v) is 10.8. The third kappa shape index (κ3) is 7.11. The molecule has 61 heavy (non-hydrogen) atoms. The Hall–Kier alpha value is -8.42. The maximum Gasteiger partial charge on any atom is 0.164 e. The zero-order valence-corrected chi connectivity index (χ0v) is 32.7. The van der Waals surface area contributed by atoms with Crippen LogP contribution in [0, 0.1) is 0 Å². The van der Waals surface area contributed by atoms with Gasteiger partial charge in [0.05, 0.1) is 17.1 Å². The zero-order valence-electron chi connectivity index (χ0n) is 32.7. The van der Waals surface area contributed by atoms with Crippen molar-refractivity contribution >= 4 is 21.9 Å². The van der Waals surface area contributed by atoms with Crippen molar-refractivity contribution in [3.63, 3.8) is 0 Å². The lowest BCUT2D eigenvalue weighted by Crippen LogP contribution is -2.00. The largest absolute Gasteiger partial charge is 0.456 e. The van der Waals surface area contributed by atoms with Gasteiger partial charge in [0, 0.05) is 50.4 Å². The Labute approximate surface area is 351 Å². The number of para-hydroxylation sites is 1. The number of rotatable bonds is 8. The molecular weight excluding hydrogens is 749 g/mol. The molecule has 0 aliphatic rings. The molecule has 0 atom stereocenters. The van der Waals surface area contributed by atoms with Crippen LogP contribution in [0.25, 0.3) is 112 Å². The highest BCUT2D eigenvalue weighted by Crippen LogP contribution is 2.34. The number of furan rings is 1. The summed E-state index contributed by atoms with van der Waals surface area (Å²) in [6.07, 6.45) is 1.89. The number of aromatic nitrogens is 6. The van der Waals surface area contributed by atoms with E-state index in [-0.39, 0.29) is 0 Å². The van der Waals surface area contributed by atoms with Gasteiger partial charge in [-0.05, 0) is 53.1 Å². The second kappa shape index (κ2) is 15.4. The van der Waals surface area contributed by atoms with Crippen LogP contribution in [0.1, 0.15) is 0 Å². The zero-order chi connectivity index (χ0) is 40.5. The van der Waals surface area contributed by atoms with Crippen molar-refractivity contribution in [3.8, 4) is 90.5 Å². The topological polar surface area (TPSA) is 90.5 Å². The highest BCUT2D eigenvalue weighted by Gasteiger charge is 2.16. The lowest BCUT2D eigenvalue weighted by atomic mass is 10.0. The van der Waals surface area contributed by atoms with Crippen molar-refractivity contribution in [2.75, 3.05) is 0 Å². The molecule has 0 bridgehead atoms. The van der Waals surface area contributed by atoms with E-state index in [4.69, 9.17) is 34.3 Å². The van der Waals surface area contributed by atoms with Crippen molar-refractivity contribution in [2.24, 2.45) is 0 Å². The van der Waals surface area contributed by atoms with Gasteiger partial charge in [-0.3, -0.25) is 4.98 Å². The Morgan fingerprint density at radius 1 is 0.262 bits per heavy atom. The molecule has 286 valence electrons. The van der Waals surface area contributed by atoms with Crippen molar-refractivity contribution in [1.82, 2.24) is 29.9 Å². The van der Waals surface area contributed by atoms with Crippen LogP contribution in [0.15, 0.2) is 211 Å². The van der Waals surface area contributed by atoms with E-state index in [2.05, 4.69) is 78.9 Å². The Morgan fingerprint density at radius 2 is 0.754 bits per heavy atom. The monoisotopic (exact) mass is 782 g/mol. The quantitative estimate of drug-likeness (QED) is 0.152. The van der Waals surface area contributed by atoms with Gasteiger partial charge in [0.2, 0.25) is 0 Å². The molecule has 7 aromatic carbocycles. The molecule has 0 aliphatic heterocycles. The minimum absolute atomic E-state index is 0.564. The molecule has 4 aromatic heterocycles. The summed E-state index contributed by atoms with van der Waals surface area (Å²) in [5, 5.41) is 2.13. The van der Waals surface area contributed by atoms with Gasteiger partial charge >= 0.3 is 0 Å². The van der Waals surface area contributed by atoms with E-state index < -0.39 is 0 Å². The standard InChI is InChI=1S/C54H34N6O/c1-4-13-35(14-5-1)36-23-25-37(26-24-36)47-33-48(57-51(56-47)38-15-6-2-7-16-38)46-30-28-43(34-55-46)40-19-12-20-41(31-40)53-58-52(39-17-8-3-9-18-39)59-54(60-53)42-27-29-45-44-21-10-11-22-49(44)61-50(45)32-42/h1-34H. The second-order valence-electron chi connectivity index (χ2n) is 14.8. The minimum atomic E-state index is 0.564. The molecule has 0 saturated carbocycles. The Bertz CT molecular complexity index is 3330. The van der Waals surface area contributed by atoms with E-state index in [9.17, 15) is 0 Å². The van der Waals surface area contributed by atoms with E-state index in [1.807, 2.05) is 128 Å². The average molecular weight is 783 g/mol. The number of nitrogens with zero attached hydrogens (tertiary/aromatic N) is 6. The van der Waals surface area contributed by atoms with Crippen LogP contribution in [-0.4, -0.2) is 29.9 Å². The van der Waals surface area contributed by atoms with Gasteiger partial charge in [0.15, 0.2) is 23.3 Å². The molecule has 11 aromatic rings. The summed E-state index contributed by atoms with van der Waals surface area (Å²) in [5.41, 5.74) is 12.7. The molecule has 4 heterocycles. The first-order valence-electron chi connectivity index (χ1n) is 20.1. The fraction of sp³-hybridized carbons (Fsp3) is 0. The normalized spacial score (nSPS) is 11.3. The van der Waals surface area contributed by atoms with Crippen LogP contribution in [-0.2, 0) is 0 Å². The van der Waals surface area contributed by atoms with E-state index in [0.717, 1.165) is 83.5 Å². The summed E-state index contributed by atoms with van der Waals surface area (Å²) in [4.78, 5) is 30.0. The fourth-order valence-corrected chi connectivity index (χ4v) is 7.68. The van der Waals surface area contributed by atoms with Gasteiger partial charge in [-0.1, -0.05) is 164 Å². The SMILES string of the molecule is c1ccc(-c2ccc(-c3cc(-c4ccc(-c5cccc(-c6nc(-c7ccccc7)nc(-c7ccc8c(c7)oc7ccccc78)n6)c5)cn4)nc(-c4ccccc4)n3)cc2)cc1. The lowest BCUT2D eigenvalue weighted by Gasteiger charge is -2.11. The summed E-state index contributed by atoms with van der Waals surface area (Å²) in [6.45, 7) is 0. The van der Waals surface area contributed by atoms with E-state index in [1.165, 1.54) is 5.56 Å². The molecule has 0 saturated heterocycles. The summed E-state index contributed by atoms with van der Waals surface area (Å²) in [6, 6.07) is 67.5. The van der Waals surface area contributed by atoms with Gasteiger partial charge in [-0.25, -0.2) is 24.9 Å². The Morgan fingerprint density at radius 3 is 1.44 bits per heavy atom. The van der Waals surface area contributed by atoms with Crippen LogP contribution in [0.2, 0.25) is 0 Å². The fourth-order valence-electron chi connectivity index (χ4n) is 7.68. The predicted molar refractivity (Wildman–Crippen MR) is 244 cm³/mol. The molecule has 7 heteroatoms. The Balaban J connectivity index is 0.941. The summed E-state index contributed by atoms with van der Waals surface area (Å²) in [5.74, 6) is 2.36. The molecule has 0 fully saturated rings. The molecule has 0 radical (unpaired) electrons. The smallest absolute Gasteiger partial charge is 0.164 e. The number of pyridine rings is 1. The van der Waals surface area contributed by atoms with Crippen LogP contribution in [0.5, 0.6) is 0 Å². The molecule has 0 aliphatic carbocycles. The number of hydrogen-bond acceptors (Lipinski definition) is 7. The van der Waals surface area contributed by atoms with Gasteiger partial charge in [0.1, 0.15) is 11.2 Å². The first-order chi connectivity index (χ1) is 30.2. The van der Waals surface area contributed by atoms with Crippen molar-refractivity contribution < 1.29 is 4.42 Å². The summed E-state index contributed by atoms with van der Waals surface area (Å²) < 4.78 is 6.23. The highest BCUT2D eigenvalue weighted by molar-refractivity contribution is 6.05. The van der Waals surface area contributed by atoms with Gasteiger partial charge in [-0.15, -0.1) is 0 Å². The Kier molecular flexibility index (Phi) is 9.02. The summed E-state index contributed by atoms with van der Waals surface area (Å²) in [7, 11) is 0. The number of benzene rings is 7. The first kappa shape index (κ1) is 35.7. The predicted octanol–water partition coefficient (Wildman–Crippen LogP) is 13.3. The van der Waals surface area contributed by atoms with E-state index >= 15 is 0 Å². The maximum atomic E-state index is 6.23. The van der Waals surface area contributed by atoms with Gasteiger partial charge < -0.3 is 4.42 Å². The number of fused-ring (bicyclic) bond motifs is 3. The van der Waals surface area contributed by atoms with Crippen molar-refractivity contribution in [3.05, 3.63) is 206 Å². The average Bonchev–Trinajstić information content (AvgIpc) is 3.73. The number of hydrogen-bond donors (Lipinski definition) is 0. The molecule has 11 rings (SSSR count). The second-order valence-corrected chi connectivity index (χ2v) is 14.8. The van der Waals surface area contributed by atoms with Gasteiger partial charge in [0.25, 0.3) is 0 Å². The van der Waals surface area contributed by atoms with Crippen LogP contribution in [0.4, 0.5) is 0 Å². The van der Waals surface area contributed by atoms with Crippen LogP contribution < -0.4 is 0 Å². The molecular formula is C54H34N6O. The summed E-state index contributed by atoms with van der Waals surface area (Å²) >= 11 is 0. The maximum absolute atomic E-state index is 6.23. The molecule has 0 spiro atoms. The van der Waals surface area contributed by atoms with E-state index in [1.54, 1.807) is 0 Å². The minimum Gasteiger partial charge on any atom is -0.456 e.